The summed E-state index contributed by atoms with van der Waals surface area (Å²) in [7, 11) is 0. The Labute approximate surface area is 164 Å². The Balaban J connectivity index is 4.95. The second-order valence-electron chi connectivity index (χ2n) is 7.89. The van der Waals surface area contributed by atoms with Crippen molar-refractivity contribution in [3.63, 3.8) is 0 Å². The van der Waals surface area contributed by atoms with Gasteiger partial charge in [-0.2, -0.15) is 0 Å². The predicted molar refractivity (Wildman–Crippen MR) is 96.1 cm³/mol. The average molecular weight is 406 g/mol. The molecule has 0 saturated heterocycles. The Hall–Kier alpha value is -2.43. The maximum atomic E-state index is 12.4. The summed E-state index contributed by atoms with van der Waals surface area (Å²) in [5, 5.41) is 9.94. The van der Waals surface area contributed by atoms with Crippen LogP contribution in [0.15, 0.2) is 0 Å². The van der Waals surface area contributed by atoms with Crippen molar-refractivity contribution in [1.82, 2.24) is 5.06 Å². The van der Waals surface area contributed by atoms with E-state index in [2.05, 4.69) is 4.84 Å². The van der Waals surface area contributed by atoms with Crippen LogP contribution in [0.5, 0.6) is 0 Å². The van der Waals surface area contributed by atoms with Crippen molar-refractivity contribution in [1.29, 1.82) is 0 Å². The molecule has 0 N–H and O–H groups in total. The molecule has 0 heterocycles. The van der Waals surface area contributed by atoms with Gasteiger partial charge in [0.1, 0.15) is 5.60 Å². The minimum atomic E-state index is -1.18. The Morgan fingerprint density at radius 3 is 2.18 bits per heavy atom. The first-order valence-electron chi connectivity index (χ1n) is 8.83. The van der Waals surface area contributed by atoms with Crippen LogP contribution in [-0.4, -0.2) is 59.0 Å². The molecule has 0 aliphatic rings. The van der Waals surface area contributed by atoms with Gasteiger partial charge in [-0.15, -0.1) is 10.1 Å². The topological polar surface area (TPSA) is 135 Å². The van der Waals surface area contributed by atoms with Gasteiger partial charge in [0.25, 0.3) is 5.09 Å². The maximum Gasteiger partial charge on any atom is 0.331 e. The molecule has 1 atom stereocenters. The minimum Gasteiger partial charge on any atom is -0.464 e. The molecule has 0 fully saturated rings. The molecule has 0 aromatic heterocycles. The molecule has 162 valence electrons. The van der Waals surface area contributed by atoms with Crippen LogP contribution in [-0.2, 0) is 33.5 Å². The number of hydrogen-bond acceptors (Lipinski definition) is 9. The largest absolute Gasteiger partial charge is 0.464 e. The summed E-state index contributed by atoms with van der Waals surface area (Å²) in [4.78, 5) is 55.4. The summed E-state index contributed by atoms with van der Waals surface area (Å²) in [5.74, 6) is -1.34. The van der Waals surface area contributed by atoms with E-state index in [0.717, 1.165) is 5.06 Å². The lowest BCUT2D eigenvalue weighted by atomic mass is 10.1. The van der Waals surface area contributed by atoms with Gasteiger partial charge in [-0.05, 0) is 48.0 Å². The van der Waals surface area contributed by atoms with Gasteiger partial charge >= 0.3 is 11.9 Å². The Bertz CT molecular complexity index is 538. The van der Waals surface area contributed by atoms with Gasteiger partial charge in [-0.25, -0.2) is 9.86 Å². The van der Waals surface area contributed by atoms with E-state index in [1.165, 1.54) is 0 Å². The van der Waals surface area contributed by atoms with Crippen LogP contribution in [0.25, 0.3) is 0 Å². The monoisotopic (exact) mass is 406 g/mol. The van der Waals surface area contributed by atoms with Crippen LogP contribution >= 0.6 is 0 Å². The number of carbonyl (C=O) groups excluding carboxylic acids is 3. The molecular weight excluding hydrogens is 376 g/mol. The molecule has 1 amide bonds. The third kappa shape index (κ3) is 12.8. The van der Waals surface area contributed by atoms with E-state index < -0.39 is 34.3 Å². The Morgan fingerprint density at radius 2 is 1.71 bits per heavy atom. The fraction of sp³-hybridized carbons (Fsp3) is 0.824. The summed E-state index contributed by atoms with van der Waals surface area (Å²) in [6, 6.07) is -1.18. The number of hydrogen-bond donors (Lipinski definition) is 0. The second kappa shape index (κ2) is 11.4. The first-order valence-corrected chi connectivity index (χ1v) is 8.83. The molecule has 11 nitrogen and oxygen atoms in total. The lowest BCUT2D eigenvalue weighted by Gasteiger charge is -2.31. The van der Waals surface area contributed by atoms with Crippen LogP contribution in [0.4, 0.5) is 0 Å². The lowest BCUT2D eigenvalue weighted by Crippen LogP contribution is -2.45. The van der Waals surface area contributed by atoms with Crippen molar-refractivity contribution in [3.05, 3.63) is 10.1 Å². The fourth-order valence-corrected chi connectivity index (χ4v) is 1.94. The zero-order valence-electron chi connectivity index (χ0n) is 17.3. The average Bonchev–Trinajstić information content (AvgIpc) is 2.50. The highest BCUT2D eigenvalue weighted by Crippen LogP contribution is 2.17. The molecule has 0 aliphatic heterocycles. The number of hydroxylamine groups is 2. The van der Waals surface area contributed by atoms with E-state index in [9.17, 15) is 24.5 Å². The van der Waals surface area contributed by atoms with Gasteiger partial charge in [0.2, 0.25) is 6.41 Å². The maximum absolute atomic E-state index is 12.4. The first-order chi connectivity index (χ1) is 12.7. The molecule has 0 aliphatic carbocycles. The standard InChI is InChI=1S/C17H30N2O9/c1-16(2,3)27-14(21)9-8-13(18(12-20)28-17(4,5)6)15(22)25-10-7-11-26-19(23)24/h12-13H,7-11H2,1-6H3/t13-/m0/s1. The summed E-state index contributed by atoms with van der Waals surface area (Å²) in [6.07, 6.45) is 0.210. The number of ether oxygens (including phenoxy) is 2. The van der Waals surface area contributed by atoms with Crippen molar-refractivity contribution in [3.8, 4) is 0 Å². The van der Waals surface area contributed by atoms with E-state index >= 15 is 0 Å². The molecule has 0 unspecified atom stereocenters. The van der Waals surface area contributed by atoms with Crippen LogP contribution < -0.4 is 0 Å². The van der Waals surface area contributed by atoms with Crippen LogP contribution in [0, 0.1) is 10.1 Å². The van der Waals surface area contributed by atoms with Crippen molar-refractivity contribution in [2.45, 2.75) is 78.0 Å². The highest BCUT2D eigenvalue weighted by atomic mass is 16.9. The normalized spacial score (nSPS) is 12.6. The molecule has 28 heavy (non-hydrogen) atoms. The fourth-order valence-electron chi connectivity index (χ4n) is 1.94. The second-order valence-corrected chi connectivity index (χ2v) is 7.89. The first kappa shape index (κ1) is 25.6. The quantitative estimate of drug-likeness (QED) is 0.156. The molecule has 0 bridgehead atoms. The molecule has 0 rings (SSSR count). The van der Waals surface area contributed by atoms with Crippen molar-refractivity contribution < 1.29 is 38.6 Å². The smallest absolute Gasteiger partial charge is 0.331 e. The van der Waals surface area contributed by atoms with E-state index in [1.54, 1.807) is 41.5 Å². The third-order valence-corrected chi connectivity index (χ3v) is 2.83. The molecule has 0 saturated carbocycles. The number of amides is 1. The lowest BCUT2D eigenvalue weighted by molar-refractivity contribution is -0.757. The number of carbonyl (C=O) groups is 3. The van der Waals surface area contributed by atoms with Gasteiger partial charge in [-0.3, -0.25) is 14.4 Å². The summed E-state index contributed by atoms with van der Waals surface area (Å²) in [5.41, 5.74) is -1.46. The summed E-state index contributed by atoms with van der Waals surface area (Å²) < 4.78 is 10.2. The number of nitrogens with zero attached hydrogens (tertiary/aromatic N) is 2. The third-order valence-electron chi connectivity index (χ3n) is 2.83. The number of rotatable bonds is 12. The zero-order valence-corrected chi connectivity index (χ0v) is 17.3. The molecule has 0 aromatic carbocycles. The van der Waals surface area contributed by atoms with Gasteiger partial charge in [0.05, 0.1) is 18.8 Å². The van der Waals surface area contributed by atoms with Gasteiger partial charge in [0.15, 0.2) is 6.04 Å². The molecule has 0 spiro atoms. The van der Waals surface area contributed by atoms with Gasteiger partial charge in [0, 0.05) is 12.8 Å². The van der Waals surface area contributed by atoms with E-state index in [-0.39, 0.29) is 32.5 Å². The molecular formula is C17H30N2O9. The van der Waals surface area contributed by atoms with Crippen molar-refractivity contribution >= 4 is 18.3 Å². The van der Waals surface area contributed by atoms with Gasteiger partial charge in [-0.1, -0.05) is 0 Å². The van der Waals surface area contributed by atoms with E-state index in [0.29, 0.717) is 6.41 Å². The Morgan fingerprint density at radius 1 is 1.11 bits per heavy atom. The minimum absolute atomic E-state index is 0.0754. The SMILES string of the molecule is CC(C)(C)OC(=O)CC[C@@H](C(=O)OCCCO[N+](=O)[O-])N(C=O)OC(C)(C)C. The predicted octanol–water partition coefficient (Wildman–Crippen LogP) is 1.81. The zero-order chi connectivity index (χ0) is 22.0. The van der Waals surface area contributed by atoms with Crippen molar-refractivity contribution in [2.24, 2.45) is 0 Å². The van der Waals surface area contributed by atoms with Crippen LogP contribution in [0.1, 0.15) is 60.8 Å². The highest BCUT2D eigenvalue weighted by Gasteiger charge is 2.32. The molecule has 11 heteroatoms. The summed E-state index contributed by atoms with van der Waals surface area (Å²) in [6.45, 7) is 9.81. The van der Waals surface area contributed by atoms with Gasteiger partial charge < -0.3 is 14.3 Å². The summed E-state index contributed by atoms with van der Waals surface area (Å²) >= 11 is 0. The van der Waals surface area contributed by atoms with E-state index in [4.69, 9.17) is 14.3 Å². The molecule has 0 radical (unpaired) electrons. The Kier molecular flexibility index (Phi) is 10.4. The highest BCUT2D eigenvalue weighted by molar-refractivity contribution is 5.79. The van der Waals surface area contributed by atoms with E-state index in [1.807, 2.05) is 0 Å². The van der Waals surface area contributed by atoms with Crippen molar-refractivity contribution in [2.75, 3.05) is 13.2 Å². The number of esters is 2. The van der Waals surface area contributed by atoms with Crippen LogP contribution in [0.2, 0.25) is 0 Å². The molecule has 0 aromatic rings. The van der Waals surface area contributed by atoms with Crippen LogP contribution in [0.3, 0.4) is 0 Å².